The topological polar surface area (TPSA) is 189 Å². The Morgan fingerprint density at radius 3 is 1.67 bits per heavy atom. The number of unbranched alkanes of at least 4 members (excludes halogenated alkanes) is 16. The molecule has 268 valence electrons. The van der Waals surface area contributed by atoms with E-state index in [0.717, 1.165) is 38.5 Å². The largest absolute Gasteiger partial charge is 0.394 e. The molecule has 11 nitrogen and oxygen atoms in total. The summed E-state index contributed by atoms with van der Waals surface area (Å²) < 4.78 is 10.9. The number of amides is 1. The zero-order valence-corrected chi connectivity index (χ0v) is 28.1. The van der Waals surface area contributed by atoms with Crippen LogP contribution in [0.1, 0.15) is 142 Å². The van der Waals surface area contributed by atoms with Gasteiger partial charge in [0, 0.05) is 0 Å². The SMILES string of the molecule is CCCCCCCCCCCCCCCCC(O)C(=O)NC(COC1OC(CO)C(O)C(O)C1O)C(O)C(O)CCCCCC. The molecule has 1 saturated heterocycles. The molecule has 0 radical (unpaired) electrons. The van der Waals surface area contributed by atoms with Gasteiger partial charge >= 0.3 is 0 Å². The molecule has 1 aliphatic rings. The highest BCUT2D eigenvalue weighted by Gasteiger charge is 2.44. The maximum Gasteiger partial charge on any atom is 0.249 e. The summed E-state index contributed by atoms with van der Waals surface area (Å²) in [6.07, 6.45) is 9.59. The third kappa shape index (κ3) is 17.7. The molecule has 1 amide bonds. The van der Waals surface area contributed by atoms with Crippen LogP contribution in [0.5, 0.6) is 0 Å². The van der Waals surface area contributed by atoms with Crippen LogP contribution in [-0.2, 0) is 14.3 Å². The van der Waals surface area contributed by atoms with Crippen molar-refractivity contribution < 1.29 is 50.0 Å². The van der Waals surface area contributed by atoms with Crippen LogP contribution < -0.4 is 5.32 Å². The van der Waals surface area contributed by atoms with Crippen LogP contribution in [0.4, 0.5) is 0 Å². The Bertz CT molecular complexity index is 714. The van der Waals surface area contributed by atoms with Crippen LogP contribution in [0.15, 0.2) is 0 Å². The van der Waals surface area contributed by atoms with Crippen LogP contribution >= 0.6 is 0 Å². The summed E-state index contributed by atoms with van der Waals surface area (Å²) in [5.41, 5.74) is 0. The molecular formula is C34H67NO10. The van der Waals surface area contributed by atoms with E-state index in [1.807, 2.05) is 0 Å². The lowest BCUT2D eigenvalue weighted by Crippen LogP contribution is -2.60. The number of carbonyl (C=O) groups excluding carboxylic acids is 1. The van der Waals surface area contributed by atoms with E-state index in [4.69, 9.17) is 9.47 Å². The highest BCUT2D eigenvalue weighted by atomic mass is 16.7. The van der Waals surface area contributed by atoms with Crippen LogP contribution in [-0.4, -0.2) is 110 Å². The summed E-state index contributed by atoms with van der Waals surface area (Å²) in [5.74, 6) is -0.704. The summed E-state index contributed by atoms with van der Waals surface area (Å²) in [6, 6.07) is -1.16. The van der Waals surface area contributed by atoms with E-state index in [1.54, 1.807) is 0 Å². The molecule has 9 atom stereocenters. The maximum atomic E-state index is 12.9. The molecule has 0 aromatic rings. The molecule has 1 aliphatic heterocycles. The van der Waals surface area contributed by atoms with Crippen molar-refractivity contribution in [1.82, 2.24) is 5.32 Å². The van der Waals surface area contributed by atoms with E-state index in [1.165, 1.54) is 64.2 Å². The van der Waals surface area contributed by atoms with Gasteiger partial charge in [-0.3, -0.25) is 4.79 Å². The summed E-state index contributed by atoms with van der Waals surface area (Å²) in [6.45, 7) is 3.25. The lowest BCUT2D eigenvalue weighted by atomic mass is 9.98. The van der Waals surface area contributed by atoms with Crippen molar-refractivity contribution in [2.75, 3.05) is 13.2 Å². The van der Waals surface area contributed by atoms with Crippen molar-refractivity contribution in [2.45, 2.75) is 197 Å². The number of hydrogen-bond acceptors (Lipinski definition) is 10. The van der Waals surface area contributed by atoms with E-state index in [2.05, 4.69) is 19.2 Å². The number of hydrogen-bond donors (Lipinski definition) is 8. The molecule has 0 bridgehead atoms. The van der Waals surface area contributed by atoms with Gasteiger partial charge in [0.2, 0.25) is 5.91 Å². The molecule has 0 aliphatic carbocycles. The second kappa shape index (κ2) is 26.1. The number of carbonyl (C=O) groups is 1. The van der Waals surface area contributed by atoms with Gasteiger partial charge in [-0.05, 0) is 12.8 Å². The van der Waals surface area contributed by atoms with Gasteiger partial charge in [0.25, 0.3) is 0 Å². The Balaban J connectivity index is 2.48. The Morgan fingerprint density at radius 1 is 0.689 bits per heavy atom. The smallest absolute Gasteiger partial charge is 0.249 e. The number of rotatable bonds is 28. The van der Waals surface area contributed by atoms with E-state index in [9.17, 15) is 40.5 Å². The molecule has 8 N–H and O–H groups in total. The molecule has 1 heterocycles. The maximum absolute atomic E-state index is 12.9. The minimum Gasteiger partial charge on any atom is -0.394 e. The lowest BCUT2D eigenvalue weighted by molar-refractivity contribution is -0.303. The molecule has 0 aromatic carbocycles. The predicted molar refractivity (Wildman–Crippen MR) is 173 cm³/mol. The van der Waals surface area contributed by atoms with Gasteiger partial charge < -0.3 is 50.5 Å². The van der Waals surface area contributed by atoms with Crippen molar-refractivity contribution in [3.8, 4) is 0 Å². The quantitative estimate of drug-likeness (QED) is 0.0585. The summed E-state index contributed by atoms with van der Waals surface area (Å²) in [4.78, 5) is 12.9. The van der Waals surface area contributed by atoms with Gasteiger partial charge in [-0.1, -0.05) is 129 Å². The Hall–Kier alpha value is -0.890. The second-order valence-corrected chi connectivity index (χ2v) is 13.0. The second-order valence-electron chi connectivity index (χ2n) is 13.0. The minimum atomic E-state index is -1.65. The fourth-order valence-electron chi connectivity index (χ4n) is 5.79. The molecule has 11 heteroatoms. The van der Waals surface area contributed by atoms with Crippen molar-refractivity contribution in [1.29, 1.82) is 0 Å². The monoisotopic (exact) mass is 649 g/mol. The number of nitrogens with one attached hydrogen (secondary N) is 1. The Labute approximate surface area is 271 Å². The molecule has 9 unspecified atom stereocenters. The molecule has 45 heavy (non-hydrogen) atoms. The zero-order chi connectivity index (χ0) is 33.5. The molecule has 0 saturated carbocycles. The molecule has 0 spiro atoms. The fraction of sp³-hybridized carbons (Fsp3) is 0.971. The number of aliphatic hydroxyl groups excluding tert-OH is 7. The van der Waals surface area contributed by atoms with E-state index in [0.29, 0.717) is 19.3 Å². The Kier molecular flexibility index (Phi) is 24.4. The third-order valence-electron chi connectivity index (χ3n) is 8.91. The van der Waals surface area contributed by atoms with Gasteiger partial charge in [-0.25, -0.2) is 0 Å². The van der Waals surface area contributed by atoms with Gasteiger partial charge in [-0.2, -0.15) is 0 Å². The predicted octanol–water partition coefficient (Wildman–Crippen LogP) is 3.21. The van der Waals surface area contributed by atoms with Gasteiger partial charge in [0.1, 0.15) is 36.6 Å². The number of ether oxygens (including phenoxy) is 2. The minimum absolute atomic E-state index is 0.264. The zero-order valence-electron chi connectivity index (χ0n) is 28.1. The first kappa shape index (κ1) is 42.1. The van der Waals surface area contributed by atoms with Gasteiger partial charge in [-0.15, -0.1) is 0 Å². The van der Waals surface area contributed by atoms with Gasteiger partial charge in [0.15, 0.2) is 6.29 Å². The highest BCUT2D eigenvalue weighted by molar-refractivity contribution is 5.80. The van der Waals surface area contributed by atoms with Crippen molar-refractivity contribution in [2.24, 2.45) is 0 Å². The average molecular weight is 650 g/mol. The van der Waals surface area contributed by atoms with E-state index < -0.39 is 74.2 Å². The normalized spacial score (nSPS) is 24.7. The summed E-state index contributed by atoms with van der Waals surface area (Å²) >= 11 is 0. The lowest BCUT2D eigenvalue weighted by Gasteiger charge is -2.40. The first-order valence-electron chi connectivity index (χ1n) is 17.9. The van der Waals surface area contributed by atoms with Crippen LogP contribution in [0.3, 0.4) is 0 Å². The van der Waals surface area contributed by atoms with E-state index in [-0.39, 0.29) is 6.42 Å². The Morgan fingerprint density at radius 2 is 1.16 bits per heavy atom. The fourth-order valence-corrected chi connectivity index (χ4v) is 5.79. The van der Waals surface area contributed by atoms with Crippen molar-refractivity contribution >= 4 is 5.91 Å². The highest BCUT2D eigenvalue weighted by Crippen LogP contribution is 2.23. The summed E-state index contributed by atoms with van der Waals surface area (Å²) in [5, 5.41) is 74.4. The van der Waals surface area contributed by atoms with Crippen molar-refractivity contribution in [3.05, 3.63) is 0 Å². The van der Waals surface area contributed by atoms with Crippen LogP contribution in [0.25, 0.3) is 0 Å². The van der Waals surface area contributed by atoms with E-state index >= 15 is 0 Å². The van der Waals surface area contributed by atoms with Gasteiger partial charge in [0.05, 0.1) is 25.4 Å². The number of aliphatic hydroxyl groups is 7. The molecule has 1 rings (SSSR count). The van der Waals surface area contributed by atoms with Crippen LogP contribution in [0, 0.1) is 0 Å². The third-order valence-corrected chi connectivity index (χ3v) is 8.91. The standard InChI is InChI=1S/C34H67NO10/c1-3-5-7-9-10-11-12-13-14-15-16-17-18-20-22-27(38)33(43)35-25(29(39)26(37)21-19-8-6-4-2)24-44-34-32(42)31(41)30(40)28(23-36)45-34/h25-32,34,36-42H,3-24H2,1-2H3,(H,35,43). The van der Waals surface area contributed by atoms with Crippen molar-refractivity contribution in [3.63, 3.8) is 0 Å². The summed E-state index contributed by atoms with van der Waals surface area (Å²) in [7, 11) is 0. The first-order valence-corrected chi connectivity index (χ1v) is 17.9. The first-order chi connectivity index (χ1) is 21.7. The van der Waals surface area contributed by atoms with Crippen LogP contribution in [0.2, 0.25) is 0 Å². The molecule has 1 fully saturated rings. The molecular weight excluding hydrogens is 582 g/mol. The average Bonchev–Trinajstić information content (AvgIpc) is 3.04. The molecule has 0 aromatic heterocycles.